The lowest BCUT2D eigenvalue weighted by Crippen LogP contribution is -2.29. The van der Waals surface area contributed by atoms with E-state index >= 15 is 0 Å². The van der Waals surface area contributed by atoms with Crippen LogP contribution in [0.4, 0.5) is 4.79 Å². The Morgan fingerprint density at radius 2 is 2.04 bits per heavy atom. The molecule has 9 heteroatoms. The van der Waals surface area contributed by atoms with E-state index in [-0.39, 0.29) is 35.9 Å². The zero-order valence-electron chi connectivity index (χ0n) is 16.3. The van der Waals surface area contributed by atoms with E-state index in [1.807, 2.05) is 13.0 Å². The number of sulfone groups is 1. The van der Waals surface area contributed by atoms with Crippen molar-refractivity contribution >= 4 is 21.8 Å². The van der Waals surface area contributed by atoms with Crippen molar-refractivity contribution in [3.05, 3.63) is 18.0 Å². The van der Waals surface area contributed by atoms with Gasteiger partial charge in [-0.3, -0.25) is 10.1 Å². The molecule has 1 atom stereocenters. The van der Waals surface area contributed by atoms with Crippen LogP contribution in [0.5, 0.6) is 5.75 Å². The van der Waals surface area contributed by atoms with Crippen LogP contribution < -0.4 is 10.1 Å². The first kappa shape index (κ1) is 20.7. The summed E-state index contributed by atoms with van der Waals surface area (Å²) in [6.07, 6.45) is 6.20. The van der Waals surface area contributed by atoms with Crippen molar-refractivity contribution in [2.75, 3.05) is 31.2 Å². The molecule has 156 valence electrons. The summed E-state index contributed by atoms with van der Waals surface area (Å²) in [7, 11) is -3.16. The summed E-state index contributed by atoms with van der Waals surface area (Å²) in [4.78, 5) is 27.1. The van der Waals surface area contributed by atoms with Gasteiger partial charge in [0.15, 0.2) is 9.84 Å². The summed E-state index contributed by atoms with van der Waals surface area (Å²) >= 11 is 0. The largest absolute Gasteiger partial charge is 0.492 e. The lowest BCUT2D eigenvalue weighted by Gasteiger charge is -2.13. The Hall–Kier alpha value is -2.03. The highest BCUT2D eigenvalue weighted by Gasteiger charge is 2.26. The van der Waals surface area contributed by atoms with E-state index in [2.05, 4.69) is 10.3 Å². The van der Waals surface area contributed by atoms with Crippen molar-refractivity contribution in [3.8, 4) is 5.75 Å². The van der Waals surface area contributed by atoms with Crippen molar-refractivity contribution in [1.29, 1.82) is 0 Å². The second-order valence-electron chi connectivity index (χ2n) is 7.90. The minimum atomic E-state index is -3.16. The zero-order chi connectivity index (χ0) is 20.1. The minimum absolute atomic E-state index is 0.0944. The molecule has 1 aromatic heterocycles. The molecule has 1 aromatic rings. The van der Waals surface area contributed by atoms with Gasteiger partial charge in [-0.15, -0.1) is 0 Å². The third-order valence-electron chi connectivity index (χ3n) is 5.15. The molecule has 0 aromatic carbocycles. The third-order valence-corrected chi connectivity index (χ3v) is 7.07. The number of hydrogen-bond donors (Lipinski definition) is 2. The number of unbranched alkanes of at least 4 members (excludes halogenated alkanes) is 2. The van der Waals surface area contributed by atoms with Crippen LogP contribution in [0, 0.1) is 5.92 Å². The summed E-state index contributed by atoms with van der Waals surface area (Å²) in [5.41, 5.74) is 0.874. The van der Waals surface area contributed by atoms with Crippen LogP contribution in [-0.2, 0) is 14.6 Å². The lowest BCUT2D eigenvalue weighted by molar-refractivity contribution is -0.118. The van der Waals surface area contributed by atoms with Gasteiger partial charge in [0.25, 0.3) is 0 Å². The van der Waals surface area contributed by atoms with E-state index in [4.69, 9.17) is 4.74 Å². The lowest BCUT2D eigenvalue weighted by atomic mass is 10.1. The second-order valence-corrected chi connectivity index (χ2v) is 10.1. The van der Waals surface area contributed by atoms with E-state index in [0.717, 1.165) is 18.1 Å². The maximum atomic E-state index is 12.4. The predicted octanol–water partition coefficient (Wildman–Crippen LogP) is 2.04. The van der Waals surface area contributed by atoms with E-state index in [1.54, 1.807) is 6.20 Å². The SMILES string of the molecule is CC(CS(=O)(=O)CCCCCN1CC(=O)NC1=O)c1cc(OCC2CC2)c[nH]1. The summed E-state index contributed by atoms with van der Waals surface area (Å²) in [5, 5.41) is 2.23. The first-order valence-corrected chi connectivity index (χ1v) is 11.7. The Kier molecular flexibility index (Phi) is 6.64. The van der Waals surface area contributed by atoms with Gasteiger partial charge in [-0.1, -0.05) is 13.3 Å². The van der Waals surface area contributed by atoms with Crippen LogP contribution in [0.15, 0.2) is 12.3 Å². The molecule has 2 heterocycles. The van der Waals surface area contributed by atoms with Crippen LogP contribution >= 0.6 is 0 Å². The molecular weight excluding hydrogens is 382 g/mol. The van der Waals surface area contributed by atoms with E-state index in [1.165, 1.54) is 17.7 Å². The fourth-order valence-corrected chi connectivity index (χ4v) is 5.03. The number of carbonyl (C=O) groups excluding carboxylic acids is 2. The minimum Gasteiger partial charge on any atom is -0.492 e. The monoisotopic (exact) mass is 411 g/mol. The Balaban J connectivity index is 1.34. The molecule has 0 bridgehead atoms. The van der Waals surface area contributed by atoms with Gasteiger partial charge in [-0.05, 0) is 31.6 Å². The normalized spacial score (nSPS) is 18.4. The summed E-state index contributed by atoms with van der Waals surface area (Å²) in [5.74, 6) is 1.27. The number of rotatable bonds is 12. The standard InChI is InChI=1S/C19H29N3O5S/c1-14(17-9-16(10-20-17)27-12-15-5-6-15)13-28(25,26)8-4-2-3-7-22-11-18(23)21-19(22)24/h9-10,14-15,20H,2-8,11-13H2,1H3,(H,21,23,24). The number of ether oxygens (including phenoxy) is 1. The molecule has 1 saturated heterocycles. The highest BCUT2D eigenvalue weighted by atomic mass is 32.2. The molecule has 28 heavy (non-hydrogen) atoms. The Labute approximate surface area is 165 Å². The fraction of sp³-hybridized carbons (Fsp3) is 0.684. The maximum Gasteiger partial charge on any atom is 0.324 e. The van der Waals surface area contributed by atoms with Crippen molar-refractivity contribution < 1.29 is 22.7 Å². The molecule has 0 spiro atoms. The molecule has 3 rings (SSSR count). The maximum absolute atomic E-state index is 12.4. The van der Waals surface area contributed by atoms with Crippen LogP contribution in [0.2, 0.25) is 0 Å². The van der Waals surface area contributed by atoms with E-state index in [9.17, 15) is 18.0 Å². The Morgan fingerprint density at radius 3 is 2.71 bits per heavy atom. The van der Waals surface area contributed by atoms with E-state index < -0.39 is 9.84 Å². The average Bonchev–Trinajstić information content (AvgIpc) is 3.23. The average molecular weight is 412 g/mol. The topological polar surface area (TPSA) is 109 Å². The highest BCUT2D eigenvalue weighted by molar-refractivity contribution is 7.91. The molecule has 1 aliphatic carbocycles. The number of nitrogens with one attached hydrogen (secondary N) is 2. The molecule has 1 saturated carbocycles. The number of urea groups is 1. The van der Waals surface area contributed by atoms with Gasteiger partial charge in [0.05, 0.1) is 18.1 Å². The second kappa shape index (κ2) is 8.98. The fourth-order valence-electron chi connectivity index (χ4n) is 3.28. The third kappa shape index (κ3) is 6.25. The number of carbonyl (C=O) groups is 2. The number of hydrogen-bond acceptors (Lipinski definition) is 5. The molecule has 1 unspecified atom stereocenters. The van der Waals surface area contributed by atoms with Gasteiger partial charge in [-0.2, -0.15) is 0 Å². The van der Waals surface area contributed by atoms with Crippen molar-refractivity contribution in [1.82, 2.24) is 15.2 Å². The van der Waals surface area contributed by atoms with E-state index in [0.29, 0.717) is 31.7 Å². The number of H-pyrrole nitrogens is 1. The van der Waals surface area contributed by atoms with Gasteiger partial charge < -0.3 is 14.6 Å². The molecule has 1 aliphatic heterocycles. The van der Waals surface area contributed by atoms with Crippen LogP contribution in [0.25, 0.3) is 0 Å². The summed E-state index contributed by atoms with van der Waals surface area (Å²) in [6, 6.07) is 1.53. The Morgan fingerprint density at radius 1 is 1.25 bits per heavy atom. The highest BCUT2D eigenvalue weighted by Crippen LogP contribution is 2.30. The Bertz CT molecular complexity index is 800. The van der Waals surface area contributed by atoms with Gasteiger partial charge in [-0.25, -0.2) is 13.2 Å². The number of amides is 3. The van der Waals surface area contributed by atoms with Crippen LogP contribution in [0.3, 0.4) is 0 Å². The molecule has 2 N–H and O–H groups in total. The number of aromatic amines is 1. The number of aromatic nitrogens is 1. The van der Waals surface area contributed by atoms with Crippen molar-refractivity contribution in [2.24, 2.45) is 5.92 Å². The van der Waals surface area contributed by atoms with Gasteiger partial charge in [0, 0.05) is 30.4 Å². The van der Waals surface area contributed by atoms with Gasteiger partial charge in [0.1, 0.15) is 12.3 Å². The molecule has 2 fully saturated rings. The van der Waals surface area contributed by atoms with Crippen LogP contribution in [0.1, 0.15) is 50.6 Å². The summed E-state index contributed by atoms with van der Waals surface area (Å²) in [6.45, 7) is 3.20. The molecule has 2 aliphatic rings. The predicted molar refractivity (Wildman–Crippen MR) is 105 cm³/mol. The zero-order valence-corrected chi connectivity index (χ0v) is 17.1. The smallest absolute Gasteiger partial charge is 0.324 e. The quantitative estimate of drug-likeness (QED) is 0.404. The molecule has 3 amide bonds. The first-order chi connectivity index (χ1) is 13.3. The first-order valence-electron chi connectivity index (χ1n) is 9.93. The molecule has 8 nitrogen and oxygen atoms in total. The van der Waals surface area contributed by atoms with Gasteiger partial charge in [0.2, 0.25) is 5.91 Å². The van der Waals surface area contributed by atoms with Crippen molar-refractivity contribution in [3.63, 3.8) is 0 Å². The van der Waals surface area contributed by atoms with Crippen LogP contribution in [-0.4, -0.2) is 61.4 Å². The molecular formula is C19H29N3O5S. The summed E-state index contributed by atoms with van der Waals surface area (Å²) < 4.78 is 30.5. The molecule has 0 radical (unpaired) electrons. The number of imide groups is 1. The van der Waals surface area contributed by atoms with Crippen molar-refractivity contribution in [2.45, 2.75) is 44.9 Å². The number of nitrogens with zero attached hydrogens (tertiary/aromatic N) is 1. The van der Waals surface area contributed by atoms with Gasteiger partial charge >= 0.3 is 6.03 Å².